The molecular weight excluding hydrogens is 190 g/mol. The fourth-order valence-corrected chi connectivity index (χ4v) is 1.66. The Hall–Kier alpha value is -1.09. The highest BCUT2D eigenvalue weighted by Crippen LogP contribution is 2.25. The number of aliphatic hydroxyl groups is 1. The largest absolute Gasteiger partial charge is 0.496 e. The van der Waals surface area contributed by atoms with Gasteiger partial charge in [-0.1, -0.05) is 0 Å². The Morgan fingerprint density at radius 2 is 2.00 bits per heavy atom. The zero-order valence-electron chi connectivity index (χ0n) is 10.1. The minimum atomic E-state index is -0.738. The highest BCUT2D eigenvalue weighted by Gasteiger charge is 2.18. The van der Waals surface area contributed by atoms with Gasteiger partial charge in [0, 0.05) is 29.4 Å². The average Bonchev–Trinajstić information content (AvgIpc) is 2.09. The van der Waals surface area contributed by atoms with E-state index in [0.29, 0.717) is 6.42 Å². The van der Waals surface area contributed by atoms with Crippen molar-refractivity contribution in [1.82, 2.24) is 4.98 Å². The van der Waals surface area contributed by atoms with Gasteiger partial charge < -0.3 is 9.84 Å². The second kappa shape index (κ2) is 4.19. The van der Waals surface area contributed by atoms with Crippen LogP contribution in [0.5, 0.6) is 5.75 Å². The van der Waals surface area contributed by atoms with Crippen molar-refractivity contribution in [2.24, 2.45) is 0 Å². The molecule has 0 radical (unpaired) electrons. The first kappa shape index (κ1) is 12.0. The van der Waals surface area contributed by atoms with Crippen molar-refractivity contribution in [3.8, 4) is 5.75 Å². The Balaban J connectivity index is 3.11. The summed E-state index contributed by atoms with van der Waals surface area (Å²) < 4.78 is 5.31. The van der Waals surface area contributed by atoms with E-state index in [-0.39, 0.29) is 0 Å². The molecule has 1 N–H and O–H groups in total. The summed E-state index contributed by atoms with van der Waals surface area (Å²) in [6, 6.07) is 0. The van der Waals surface area contributed by atoms with Gasteiger partial charge in [-0.25, -0.2) is 0 Å². The number of aromatic nitrogens is 1. The number of pyridine rings is 1. The standard InChI is InChI=1S/C12H19NO2/c1-8-7-13-10(6-12(3,4)14)9(2)11(8)15-5/h7,14H,6H2,1-5H3. The molecule has 3 heteroatoms. The third-order valence-electron chi connectivity index (χ3n) is 2.35. The summed E-state index contributed by atoms with van der Waals surface area (Å²) in [6.45, 7) is 7.49. The van der Waals surface area contributed by atoms with E-state index in [9.17, 15) is 5.11 Å². The van der Waals surface area contributed by atoms with Gasteiger partial charge in [0.25, 0.3) is 0 Å². The second-order valence-corrected chi connectivity index (χ2v) is 4.54. The lowest BCUT2D eigenvalue weighted by molar-refractivity contribution is 0.0797. The Bertz CT molecular complexity index is 353. The molecule has 1 rings (SSSR count). The van der Waals surface area contributed by atoms with E-state index in [4.69, 9.17) is 4.74 Å². The normalized spacial score (nSPS) is 11.6. The Morgan fingerprint density at radius 1 is 1.40 bits per heavy atom. The summed E-state index contributed by atoms with van der Waals surface area (Å²) in [4.78, 5) is 4.33. The molecule has 0 aliphatic rings. The lowest BCUT2D eigenvalue weighted by atomic mass is 9.98. The molecule has 1 heterocycles. The fraction of sp³-hybridized carbons (Fsp3) is 0.583. The first-order valence-corrected chi connectivity index (χ1v) is 5.06. The van der Waals surface area contributed by atoms with Crippen LogP contribution in [0.2, 0.25) is 0 Å². The van der Waals surface area contributed by atoms with E-state index in [2.05, 4.69) is 4.98 Å². The van der Waals surface area contributed by atoms with Crippen LogP contribution in [0.1, 0.15) is 30.7 Å². The smallest absolute Gasteiger partial charge is 0.128 e. The van der Waals surface area contributed by atoms with Crippen LogP contribution in [0.25, 0.3) is 0 Å². The van der Waals surface area contributed by atoms with Gasteiger partial charge in [0.1, 0.15) is 5.75 Å². The van der Waals surface area contributed by atoms with Crippen molar-refractivity contribution in [2.75, 3.05) is 7.11 Å². The quantitative estimate of drug-likeness (QED) is 0.828. The maximum Gasteiger partial charge on any atom is 0.128 e. The lowest BCUT2D eigenvalue weighted by Gasteiger charge is -2.19. The van der Waals surface area contributed by atoms with E-state index in [1.165, 1.54) is 0 Å². The molecule has 1 aromatic rings. The SMILES string of the molecule is COc1c(C)cnc(CC(C)(C)O)c1C. The topological polar surface area (TPSA) is 42.4 Å². The summed E-state index contributed by atoms with van der Waals surface area (Å²) in [5.74, 6) is 0.865. The molecule has 0 bridgehead atoms. The van der Waals surface area contributed by atoms with E-state index < -0.39 is 5.60 Å². The molecule has 0 saturated heterocycles. The molecule has 0 amide bonds. The van der Waals surface area contributed by atoms with Gasteiger partial charge in [0.05, 0.1) is 12.7 Å². The number of nitrogens with zero attached hydrogens (tertiary/aromatic N) is 1. The maximum atomic E-state index is 9.75. The molecule has 3 nitrogen and oxygen atoms in total. The summed E-state index contributed by atoms with van der Waals surface area (Å²) in [5.41, 5.74) is 2.19. The molecule has 1 aromatic heterocycles. The average molecular weight is 209 g/mol. The van der Waals surface area contributed by atoms with E-state index in [1.807, 2.05) is 13.8 Å². The van der Waals surface area contributed by atoms with Crippen LogP contribution in [0, 0.1) is 13.8 Å². The minimum Gasteiger partial charge on any atom is -0.496 e. The van der Waals surface area contributed by atoms with Gasteiger partial charge in [-0.15, -0.1) is 0 Å². The molecule has 0 fully saturated rings. The predicted molar refractivity (Wildman–Crippen MR) is 60.3 cm³/mol. The summed E-state index contributed by atoms with van der Waals surface area (Å²) in [7, 11) is 1.66. The minimum absolute atomic E-state index is 0.537. The van der Waals surface area contributed by atoms with E-state index in [1.54, 1.807) is 27.2 Å². The lowest BCUT2D eigenvalue weighted by Crippen LogP contribution is -2.23. The van der Waals surface area contributed by atoms with Crippen molar-refractivity contribution in [2.45, 2.75) is 39.7 Å². The van der Waals surface area contributed by atoms with Gasteiger partial charge in [-0.2, -0.15) is 0 Å². The van der Waals surface area contributed by atoms with Crippen molar-refractivity contribution in [1.29, 1.82) is 0 Å². The van der Waals surface area contributed by atoms with E-state index in [0.717, 1.165) is 22.6 Å². The Morgan fingerprint density at radius 3 is 2.47 bits per heavy atom. The maximum absolute atomic E-state index is 9.75. The van der Waals surface area contributed by atoms with Gasteiger partial charge in [0.15, 0.2) is 0 Å². The highest BCUT2D eigenvalue weighted by molar-refractivity contribution is 5.41. The molecule has 0 aromatic carbocycles. The van der Waals surface area contributed by atoms with Crippen LogP contribution < -0.4 is 4.74 Å². The summed E-state index contributed by atoms with van der Waals surface area (Å²) in [6.07, 6.45) is 2.32. The number of rotatable bonds is 3. The molecule has 0 unspecified atom stereocenters. The van der Waals surface area contributed by atoms with Gasteiger partial charge in [-0.3, -0.25) is 4.98 Å². The second-order valence-electron chi connectivity index (χ2n) is 4.54. The first-order valence-electron chi connectivity index (χ1n) is 5.06. The van der Waals surface area contributed by atoms with Crippen molar-refractivity contribution >= 4 is 0 Å². The number of hydrogen-bond donors (Lipinski definition) is 1. The molecule has 84 valence electrons. The zero-order valence-corrected chi connectivity index (χ0v) is 10.1. The fourth-order valence-electron chi connectivity index (χ4n) is 1.66. The van der Waals surface area contributed by atoms with Crippen molar-refractivity contribution in [3.63, 3.8) is 0 Å². The van der Waals surface area contributed by atoms with Gasteiger partial charge >= 0.3 is 0 Å². The zero-order chi connectivity index (χ0) is 11.6. The molecule has 0 spiro atoms. The molecular formula is C12H19NO2. The number of ether oxygens (including phenoxy) is 1. The first-order chi connectivity index (χ1) is 6.85. The summed E-state index contributed by atoms with van der Waals surface area (Å²) in [5, 5.41) is 9.75. The highest BCUT2D eigenvalue weighted by atomic mass is 16.5. The van der Waals surface area contributed by atoms with Crippen LogP contribution >= 0.6 is 0 Å². The van der Waals surface area contributed by atoms with Gasteiger partial charge in [-0.05, 0) is 27.7 Å². The van der Waals surface area contributed by atoms with Gasteiger partial charge in [0.2, 0.25) is 0 Å². The van der Waals surface area contributed by atoms with Crippen LogP contribution in [0.15, 0.2) is 6.20 Å². The monoisotopic (exact) mass is 209 g/mol. The number of aryl methyl sites for hydroxylation is 1. The Kier molecular flexibility index (Phi) is 3.35. The number of methoxy groups -OCH3 is 1. The van der Waals surface area contributed by atoms with Crippen LogP contribution in [-0.4, -0.2) is 22.8 Å². The molecule has 0 aliphatic heterocycles. The van der Waals surface area contributed by atoms with E-state index >= 15 is 0 Å². The van der Waals surface area contributed by atoms with Crippen LogP contribution in [0.4, 0.5) is 0 Å². The van der Waals surface area contributed by atoms with Crippen molar-refractivity contribution < 1.29 is 9.84 Å². The molecule has 0 saturated carbocycles. The van der Waals surface area contributed by atoms with Crippen molar-refractivity contribution in [3.05, 3.63) is 23.0 Å². The number of hydrogen-bond acceptors (Lipinski definition) is 3. The predicted octanol–water partition coefficient (Wildman–Crippen LogP) is 2.02. The van der Waals surface area contributed by atoms with Crippen LogP contribution in [0.3, 0.4) is 0 Å². The molecule has 0 atom stereocenters. The molecule has 15 heavy (non-hydrogen) atoms. The Labute approximate surface area is 91.1 Å². The van der Waals surface area contributed by atoms with Crippen LogP contribution in [-0.2, 0) is 6.42 Å². The third kappa shape index (κ3) is 2.93. The summed E-state index contributed by atoms with van der Waals surface area (Å²) >= 11 is 0. The third-order valence-corrected chi connectivity index (χ3v) is 2.35. The molecule has 0 aliphatic carbocycles.